The monoisotopic (exact) mass is 322 g/mol. The van der Waals surface area contributed by atoms with E-state index in [1.807, 2.05) is 0 Å². The maximum absolute atomic E-state index is 13.8. The third kappa shape index (κ3) is 3.51. The summed E-state index contributed by atoms with van der Waals surface area (Å²) in [6.07, 6.45) is 2.51. The van der Waals surface area contributed by atoms with Gasteiger partial charge in [0.05, 0.1) is 5.71 Å². The van der Waals surface area contributed by atoms with Crippen molar-refractivity contribution in [2.24, 2.45) is 11.1 Å². The molecule has 1 aromatic carbocycles. The van der Waals surface area contributed by atoms with E-state index in [0.717, 1.165) is 37.5 Å². The van der Waals surface area contributed by atoms with E-state index < -0.39 is 17.7 Å². The first-order chi connectivity index (χ1) is 11.0. The van der Waals surface area contributed by atoms with Crippen molar-refractivity contribution in [3.8, 4) is 0 Å². The predicted molar refractivity (Wildman–Crippen MR) is 82.0 cm³/mol. The van der Waals surface area contributed by atoms with Crippen molar-refractivity contribution in [2.45, 2.75) is 38.7 Å². The van der Waals surface area contributed by atoms with Crippen LogP contribution in [0, 0.1) is 17.6 Å². The van der Waals surface area contributed by atoms with Crippen molar-refractivity contribution in [1.82, 2.24) is 4.90 Å². The van der Waals surface area contributed by atoms with Crippen molar-refractivity contribution in [1.29, 1.82) is 0 Å². The molecule has 3 rings (SSSR count). The van der Waals surface area contributed by atoms with Crippen molar-refractivity contribution in [3.05, 3.63) is 35.4 Å². The largest absolute Gasteiger partial charge is 0.382 e. The van der Waals surface area contributed by atoms with Gasteiger partial charge in [-0.05, 0) is 43.4 Å². The first-order valence-electron chi connectivity index (χ1n) is 8.01. The first-order valence-corrected chi connectivity index (χ1v) is 8.01. The SMILES string of the molecule is C[C@H]1CCCN(C(=O)[C@H]2CC(c3cc(F)ccc3F)=NO2)CC1. The Morgan fingerprint density at radius 1 is 1.30 bits per heavy atom. The molecule has 124 valence electrons. The molecule has 0 aromatic heterocycles. The van der Waals surface area contributed by atoms with Crippen LogP contribution in [0.1, 0.15) is 38.2 Å². The van der Waals surface area contributed by atoms with Gasteiger partial charge in [0.2, 0.25) is 6.10 Å². The lowest BCUT2D eigenvalue weighted by molar-refractivity contribution is -0.142. The molecule has 0 unspecified atom stereocenters. The van der Waals surface area contributed by atoms with Crippen LogP contribution < -0.4 is 0 Å². The van der Waals surface area contributed by atoms with Gasteiger partial charge in [0.15, 0.2) is 0 Å². The molecular weight excluding hydrogens is 302 g/mol. The van der Waals surface area contributed by atoms with Crippen molar-refractivity contribution < 1.29 is 18.4 Å². The Labute approximate surface area is 134 Å². The van der Waals surface area contributed by atoms with Crippen molar-refractivity contribution in [3.63, 3.8) is 0 Å². The standard InChI is InChI=1S/C17H20F2N2O2/c1-11-3-2-7-21(8-6-11)17(22)16-10-15(20-23-16)13-9-12(18)4-5-14(13)19/h4-5,9,11,16H,2-3,6-8,10H2,1H3/t11-,16+/m0/s1. The van der Waals surface area contributed by atoms with Crippen LogP contribution in [-0.2, 0) is 9.63 Å². The Bertz CT molecular complexity index is 633. The highest BCUT2D eigenvalue weighted by Gasteiger charge is 2.33. The summed E-state index contributed by atoms with van der Waals surface area (Å²) in [6.45, 7) is 3.62. The van der Waals surface area contributed by atoms with Crippen LogP contribution in [0.3, 0.4) is 0 Å². The zero-order valence-electron chi connectivity index (χ0n) is 13.1. The second-order valence-corrected chi connectivity index (χ2v) is 6.32. The molecular formula is C17H20F2N2O2. The maximum atomic E-state index is 13.8. The van der Waals surface area contributed by atoms with E-state index in [0.29, 0.717) is 19.0 Å². The van der Waals surface area contributed by atoms with Crippen LogP contribution >= 0.6 is 0 Å². The van der Waals surface area contributed by atoms with Gasteiger partial charge >= 0.3 is 0 Å². The van der Waals surface area contributed by atoms with Crippen molar-refractivity contribution in [2.75, 3.05) is 13.1 Å². The van der Waals surface area contributed by atoms with Gasteiger partial charge in [0, 0.05) is 25.1 Å². The normalized spacial score (nSPS) is 24.8. The molecule has 1 saturated heterocycles. The molecule has 23 heavy (non-hydrogen) atoms. The fraction of sp³-hybridized carbons (Fsp3) is 0.529. The number of nitrogens with zero attached hydrogens (tertiary/aromatic N) is 2. The zero-order chi connectivity index (χ0) is 16.4. The number of halogens is 2. The summed E-state index contributed by atoms with van der Waals surface area (Å²) in [7, 11) is 0. The molecule has 1 fully saturated rings. The highest BCUT2D eigenvalue weighted by atomic mass is 19.1. The van der Waals surface area contributed by atoms with E-state index in [-0.39, 0.29) is 23.6 Å². The summed E-state index contributed by atoms with van der Waals surface area (Å²) in [6, 6.07) is 3.19. The molecule has 2 aliphatic rings. The van der Waals surface area contributed by atoms with Gasteiger partial charge < -0.3 is 9.74 Å². The number of rotatable bonds is 2. The molecule has 0 aliphatic carbocycles. The lowest BCUT2D eigenvalue weighted by Gasteiger charge is -2.22. The summed E-state index contributed by atoms with van der Waals surface area (Å²) in [5, 5.41) is 3.81. The topological polar surface area (TPSA) is 41.9 Å². The van der Waals surface area contributed by atoms with Crippen LogP contribution in [0.25, 0.3) is 0 Å². The second kappa shape index (κ2) is 6.64. The molecule has 2 heterocycles. The summed E-state index contributed by atoms with van der Waals surface area (Å²) >= 11 is 0. The molecule has 0 N–H and O–H groups in total. The lowest BCUT2D eigenvalue weighted by Crippen LogP contribution is -2.40. The average molecular weight is 322 g/mol. The van der Waals surface area contributed by atoms with E-state index in [2.05, 4.69) is 12.1 Å². The number of hydrogen-bond donors (Lipinski definition) is 0. The highest BCUT2D eigenvalue weighted by Crippen LogP contribution is 2.23. The van der Waals surface area contributed by atoms with Gasteiger partial charge in [-0.1, -0.05) is 12.1 Å². The van der Waals surface area contributed by atoms with Crippen LogP contribution in [-0.4, -0.2) is 35.7 Å². The van der Waals surface area contributed by atoms with Gasteiger partial charge in [-0.3, -0.25) is 4.79 Å². The van der Waals surface area contributed by atoms with Gasteiger partial charge in [-0.15, -0.1) is 0 Å². The van der Waals surface area contributed by atoms with E-state index >= 15 is 0 Å². The highest BCUT2D eigenvalue weighted by molar-refractivity contribution is 6.04. The molecule has 2 atom stereocenters. The van der Waals surface area contributed by atoms with Crippen LogP contribution in [0.5, 0.6) is 0 Å². The number of likely N-dealkylation sites (tertiary alicyclic amines) is 1. The second-order valence-electron chi connectivity index (χ2n) is 6.32. The molecule has 0 saturated carbocycles. The molecule has 1 aromatic rings. The Morgan fingerprint density at radius 2 is 2.13 bits per heavy atom. The number of hydrogen-bond acceptors (Lipinski definition) is 3. The number of carbonyl (C=O) groups excluding carboxylic acids is 1. The zero-order valence-corrected chi connectivity index (χ0v) is 13.1. The molecule has 1 amide bonds. The van der Waals surface area contributed by atoms with Crippen LogP contribution in [0.15, 0.2) is 23.4 Å². The molecule has 6 heteroatoms. The number of benzene rings is 1. The van der Waals surface area contributed by atoms with E-state index in [4.69, 9.17) is 4.84 Å². The lowest BCUT2D eigenvalue weighted by atomic mass is 10.0. The summed E-state index contributed by atoms with van der Waals surface area (Å²) in [5.74, 6) is -0.606. The molecule has 4 nitrogen and oxygen atoms in total. The fourth-order valence-corrected chi connectivity index (χ4v) is 3.07. The summed E-state index contributed by atoms with van der Waals surface area (Å²) < 4.78 is 27.1. The molecule has 0 radical (unpaired) electrons. The fourth-order valence-electron chi connectivity index (χ4n) is 3.07. The number of carbonyl (C=O) groups is 1. The van der Waals surface area contributed by atoms with Gasteiger partial charge in [0.1, 0.15) is 11.6 Å². The third-order valence-corrected chi connectivity index (χ3v) is 4.51. The Kier molecular flexibility index (Phi) is 4.59. The van der Waals surface area contributed by atoms with Crippen LogP contribution in [0.2, 0.25) is 0 Å². The number of oxime groups is 1. The summed E-state index contributed by atoms with van der Waals surface area (Å²) in [4.78, 5) is 19.6. The van der Waals surface area contributed by atoms with Gasteiger partial charge in [0.25, 0.3) is 5.91 Å². The minimum Gasteiger partial charge on any atom is -0.382 e. The quantitative estimate of drug-likeness (QED) is 0.839. The Morgan fingerprint density at radius 3 is 2.96 bits per heavy atom. The van der Waals surface area contributed by atoms with E-state index in [9.17, 15) is 13.6 Å². The minimum atomic E-state index is -0.735. The van der Waals surface area contributed by atoms with Crippen LogP contribution in [0.4, 0.5) is 8.78 Å². The van der Waals surface area contributed by atoms with E-state index in [1.165, 1.54) is 0 Å². The Hall–Kier alpha value is -1.98. The maximum Gasteiger partial charge on any atom is 0.266 e. The smallest absolute Gasteiger partial charge is 0.266 e. The molecule has 2 aliphatic heterocycles. The Balaban J connectivity index is 1.66. The average Bonchev–Trinajstić information content (AvgIpc) is 2.92. The van der Waals surface area contributed by atoms with Crippen molar-refractivity contribution >= 4 is 11.6 Å². The minimum absolute atomic E-state index is 0.0600. The molecule has 0 spiro atoms. The van der Waals surface area contributed by atoms with Gasteiger partial charge in [-0.25, -0.2) is 8.78 Å². The number of amides is 1. The van der Waals surface area contributed by atoms with Gasteiger partial charge in [-0.2, -0.15) is 0 Å². The van der Waals surface area contributed by atoms with E-state index in [1.54, 1.807) is 4.90 Å². The molecule has 0 bridgehead atoms. The predicted octanol–water partition coefficient (Wildman–Crippen LogP) is 3.11. The third-order valence-electron chi connectivity index (χ3n) is 4.51. The summed E-state index contributed by atoms with van der Waals surface area (Å²) in [5.41, 5.74) is 0.341. The first kappa shape index (κ1) is 15.9.